The summed E-state index contributed by atoms with van der Waals surface area (Å²) in [5.74, 6) is 0. The van der Waals surface area contributed by atoms with Gasteiger partial charge in [-0.05, 0) is 5.56 Å². The first kappa shape index (κ1) is 7.95. The smallest absolute Gasteiger partial charge is 0.148 e. The summed E-state index contributed by atoms with van der Waals surface area (Å²) in [4.78, 5) is 10.1. The molecule has 1 aromatic rings. The maximum Gasteiger partial charge on any atom is 0.148 e. The first-order valence-electron chi connectivity index (χ1n) is 3.50. The Labute approximate surface area is 65.5 Å². The molecule has 58 valence electrons. The Hall–Kier alpha value is -1.15. The van der Waals surface area contributed by atoms with E-state index < -0.39 is 6.10 Å². The summed E-state index contributed by atoms with van der Waals surface area (Å²) < 4.78 is 0. The van der Waals surface area contributed by atoms with E-state index in [0.29, 0.717) is 12.7 Å². The van der Waals surface area contributed by atoms with Crippen LogP contribution in [0.5, 0.6) is 0 Å². The zero-order chi connectivity index (χ0) is 8.10. The monoisotopic (exact) mass is 150 g/mol. The third-order valence-electron chi connectivity index (χ3n) is 1.44. The Kier molecular flexibility index (Phi) is 2.81. The second-order valence-electron chi connectivity index (χ2n) is 2.39. The molecule has 1 rings (SSSR count). The number of aliphatic hydroxyl groups excluding tert-OH is 1. The lowest BCUT2D eigenvalue weighted by Gasteiger charge is -2.01. The Morgan fingerprint density at radius 1 is 1.36 bits per heavy atom. The number of carbonyl (C=O) groups excluding carboxylic acids is 1. The molecule has 0 aromatic heterocycles. The summed E-state index contributed by atoms with van der Waals surface area (Å²) >= 11 is 0. The molecule has 0 fully saturated rings. The van der Waals surface area contributed by atoms with Gasteiger partial charge in [-0.2, -0.15) is 0 Å². The van der Waals surface area contributed by atoms with Gasteiger partial charge in [0.2, 0.25) is 0 Å². The van der Waals surface area contributed by atoms with Crippen LogP contribution in [-0.4, -0.2) is 17.5 Å². The maximum atomic E-state index is 10.1. The van der Waals surface area contributed by atoms with Crippen molar-refractivity contribution in [2.24, 2.45) is 0 Å². The van der Waals surface area contributed by atoms with Crippen LogP contribution in [0.25, 0.3) is 0 Å². The minimum atomic E-state index is -0.864. The molecule has 2 nitrogen and oxygen atoms in total. The molecule has 0 saturated carbocycles. The van der Waals surface area contributed by atoms with Crippen molar-refractivity contribution >= 4 is 6.29 Å². The van der Waals surface area contributed by atoms with Crippen LogP contribution in [0.4, 0.5) is 0 Å². The van der Waals surface area contributed by atoms with E-state index in [1.165, 1.54) is 0 Å². The number of benzene rings is 1. The van der Waals surface area contributed by atoms with E-state index in [0.717, 1.165) is 5.56 Å². The fourth-order valence-electron chi connectivity index (χ4n) is 0.904. The molecule has 2 heteroatoms. The summed E-state index contributed by atoms with van der Waals surface area (Å²) in [6.07, 6.45) is 0.0922. The van der Waals surface area contributed by atoms with Gasteiger partial charge < -0.3 is 9.90 Å². The van der Waals surface area contributed by atoms with Gasteiger partial charge in [0.1, 0.15) is 12.4 Å². The molecule has 0 heterocycles. The largest absolute Gasteiger partial charge is 0.385 e. The standard InChI is InChI=1S/C9H10O2/c10-7-9(11)6-8-4-2-1-3-5-8/h1-5,7,9,11H,6H2/t9-/m0/s1. The SMILES string of the molecule is O=C[C@@H](O)Cc1ccccc1. The summed E-state index contributed by atoms with van der Waals surface area (Å²) in [5, 5.41) is 8.94. The molecule has 0 aliphatic rings. The topological polar surface area (TPSA) is 37.3 Å². The predicted molar refractivity (Wildman–Crippen MR) is 42.2 cm³/mol. The van der Waals surface area contributed by atoms with Crippen molar-refractivity contribution < 1.29 is 9.90 Å². The normalized spacial score (nSPS) is 12.5. The first-order chi connectivity index (χ1) is 5.33. The van der Waals surface area contributed by atoms with Crippen molar-refractivity contribution in [2.75, 3.05) is 0 Å². The molecule has 0 aliphatic heterocycles. The van der Waals surface area contributed by atoms with E-state index in [-0.39, 0.29) is 0 Å². The molecule has 1 N–H and O–H groups in total. The van der Waals surface area contributed by atoms with Crippen LogP contribution >= 0.6 is 0 Å². The summed E-state index contributed by atoms with van der Waals surface area (Å²) in [5.41, 5.74) is 0.979. The third-order valence-corrected chi connectivity index (χ3v) is 1.44. The molecule has 0 radical (unpaired) electrons. The van der Waals surface area contributed by atoms with Gasteiger partial charge in [-0.25, -0.2) is 0 Å². The van der Waals surface area contributed by atoms with Crippen molar-refractivity contribution in [1.29, 1.82) is 0 Å². The summed E-state index contributed by atoms with van der Waals surface area (Å²) in [6, 6.07) is 9.43. The van der Waals surface area contributed by atoms with Crippen LogP contribution in [0.1, 0.15) is 5.56 Å². The molecular weight excluding hydrogens is 140 g/mol. The number of hydrogen-bond acceptors (Lipinski definition) is 2. The van der Waals surface area contributed by atoms with Crippen LogP contribution in [-0.2, 0) is 11.2 Å². The van der Waals surface area contributed by atoms with Crippen molar-refractivity contribution in [2.45, 2.75) is 12.5 Å². The van der Waals surface area contributed by atoms with E-state index >= 15 is 0 Å². The van der Waals surface area contributed by atoms with E-state index in [2.05, 4.69) is 0 Å². The molecular formula is C9H10O2. The highest BCUT2D eigenvalue weighted by molar-refractivity contribution is 5.56. The van der Waals surface area contributed by atoms with Gasteiger partial charge in [0.25, 0.3) is 0 Å². The second-order valence-corrected chi connectivity index (χ2v) is 2.39. The fourth-order valence-corrected chi connectivity index (χ4v) is 0.904. The molecule has 0 unspecified atom stereocenters. The summed E-state index contributed by atoms with van der Waals surface area (Å²) in [7, 11) is 0. The van der Waals surface area contributed by atoms with Crippen molar-refractivity contribution in [3.05, 3.63) is 35.9 Å². The highest BCUT2D eigenvalue weighted by Crippen LogP contribution is 2.00. The third kappa shape index (κ3) is 2.51. The zero-order valence-electron chi connectivity index (χ0n) is 6.10. The lowest BCUT2D eigenvalue weighted by molar-refractivity contribution is -0.114. The van der Waals surface area contributed by atoms with Gasteiger partial charge in [0.05, 0.1) is 0 Å². The number of rotatable bonds is 3. The van der Waals surface area contributed by atoms with Gasteiger partial charge in [0.15, 0.2) is 0 Å². The second kappa shape index (κ2) is 3.88. The molecule has 0 bridgehead atoms. The first-order valence-corrected chi connectivity index (χ1v) is 3.50. The Bertz CT molecular complexity index is 218. The van der Waals surface area contributed by atoms with Gasteiger partial charge in [-0.15, -0.1) is 0 Å². The van der Waals surface area contributed by atoms with Crippen molar-refractivity contribution in [1.82, 2.24) is 0 Å². The minimum absolute atomic E-state index is 0.407. The van der Waals surface area contributed by atoms with Gasteiger partial charge in [0, 0.05) is 6.42 Å². The lowest BCUT2D eigenvalue weighted by Crippen LogP contribution is -2.10. The van der Waals surface area contributed by atoms with Gasteiger partial charge >= 0.3 is 0 Å². The van der Waals surface area contributed by atoms with E-state index in [4.69, 9.17) is 5.11 Å². The van der Waals surface area contributed by atoms with Gasteiger partial charge in [-0.3, -0.25) is 0 Å². The van der Waals surface area contributed by atoms with Crippen molar-refractivity contribution in [3.8, 4) is 0 Å². The molecule has 0 saturated heterocycles. The predicted octanol–water partition coefficient (Wildman–Crippen LogP) is 0.789. The van der Waals surface area contributed by atoms with Crippen molar-refractivity contribution in [3.63, 3.8) is 0 Å². The number of aldehydes is 1. The minimum Gasteiger partial charge on any atom is -0.385 e. The Balaban J connectivity index is 2.57. The average Bonchev–Trinajstić information content (AvgIpc) is 2.06. The maximum absolute atomic E-state index is 10.1. The zero-order valence-corrected chi connectivity index (χ0v) is 6.10. The molecule has 0 spiro atoms. The molecule has 0 amide bonds. The molecule has 1 aromatic carbocycles. The highest BCUT2D eigenvalue weighted by atomic mass is 16.3. The van der Waals surface area contributed by atoms with Crippen LogP contribution in [0.2, 0.25) is 0 Å². The van der Waals surface area contributed by atoms with Crippen LogP contribution in [0.3, 0.4) is 0 Å². The molecule has 11 heavy (non-hydrogen) atoms. The summed E-state index contributed by atoms with van der Waals surface area (Å²) in [6.45, 7) is 0. The van der Waals surface area contributed by atoms with Crippen LogP contribution in [0, 0.1) is 0 Å². The Morgan fingerprint density at radius 2 is 2.00 bits per heavy atom. The van der Waals surface area contributed by atoms with E-state index in [1.807, 2.05) is 30.3 Å². The Morgan fingerprint density at radius 3 is 2.55 bits per heavy atom. The van der Waals surface area contributed by atoms with E-state index in [9.17, 15) is 4.79 Å². The number of hydrogen-bond donors (Lipinski definition) is 1. The van der Waals surface area contributed by atoms with Gasteiger partial charge in [-0.1, -0.05) is 30.3 Å². The average molecular weight is 150 g/mol. The number of aliphatic hydroxyl groups is 1. The van der Waals surface area contributed by atoms with Crippen LogP contribution in [0.15, 0.2) is 30.3 Å². The molecule has 1 atom stereocenters. The molecule has 0 aliphatic carbocycles. The van der Waals surface area contributed by atoms with E-state index in [1.54, 1.807) is 0 Å². The quantitative estimate of drug-likeness (QED) is 0.647. The lowest BCUT2D eigenvalue weighted by atomic mass is 10.1. The van der Waals surface area contributed by atoms with Crippen LogP contribution < -0.4 is 0 Å². The fraction of sp³-hybridized carbons (Fsp3) is 0.222. The number of carbonyl (C=O) groups is 1. The highest BCUT2D eigenvalue weighted by Gasteiger charge is 2.01.